The third-order valence-corrected chi connectivity index (χ3v) is 6.39. The van der Waals surface area contributed by atoms with Gasteiger partial charge in [0.2, 0.25) is 5.91 Å². The van der Waals surface area contributed by atoms with E-state index in [1.807, 2.05) is 24.3 Å². The highest BCUT2D eigenvalue weighted by atomic mass is 16.5. The van der Waals surface area contributed by atoms with Crippen molar-refractivity contribution >= 4 is 11.4 Å². The van der Waals surface area contributed by atoms with E-state index in [2.05, 4.69) is 32.2 Å². The van der Waals surface area contributed by atoms with E-state index in [-0.39, 0.29) is 18.0 Å². The molecule has 4 rings (SSSR count). The summed E-state index contributed by atoms with van der Waals surface area (Å²) in [7, 11) is 1.61. The third-order valence-electron chi connectivity index (χ3n) is 6.39. The van der Waals surface area contributed by atoms with E-state index in [0.717, 1.165) is 50.5 Å². The number of fused-ring (bicyclic) bond motifs is 1. The first-order chi connectivity index (χ1) is 17.0. The normalized spacial score (nSPS) is 14.9. The van der Waals surface area contributed by atoms with Gasteiger partial charge in [-0.25, -0.2) is 9.20 Å². The summed E-state index contributed by atoms with van der Waals surface area (Å²) in [6.45, 7) is 11.0. The molecule has 0 bridgehead atoms. The molecule has 0 atom stereocenters. The zero-order valence-corrected chi connectivity index (χ0v) is 20.9. The SMILES string of the molecule is CCCN1CCN(CCCNC(=O)Cn2nc(C)n3nc(-c4ccc(OC)cc4)cc3c2=O)CC1. The summed E-state index contributed by atoms with van der Waals surface area (Å²) in [5.41, 5.74) is 1.57. The van der Waals surface area contributed by atoms with Crippen LogP contribution < -0.4 is 15.6 Å². The number of nitrogens with one attached hydrogen (secondary N) is 1. The number of aryl methyl sites for hydroxylation is 1. The monoisotopic (exact) mass is 481 g/mol. The molecule has 0 aliphatic carbocycles. The van der Waals surface area contributed by atoms with Crippen molar-refractivity contribution in [3.8, 4) is 17.0 Å². The van der Waals surface area contributed by atoms with Crippen LogP contribution in [0.3, 0.4) is 0 Å². The van der Waals surface area contributed by atoms with Gasteiger partial charge < -0.3 is 19.9 Å². The maximum atomic E-state index is 13.0. The number of benzene rings is 1. The van der Waals surface area contributed by atoms with E-state index >= 15 is 0 Å². The van der Waals surface area contributed by atoms with E-state index < -0.39 is 0 Å². The Morgan fingerprint density at radius 1 is 1.06 bits per heavy atom. The smallest absolute Gasteiger partial charge is 0.293 e. The summed E-state index contributed by atoms with van der Waals surface area (Å²) in [5.74, 6) is 1.07. The molecule has 1 amide bonds. The number of methoxy groups -OCH3 is 1. The third kappa shape index (κ3) is 6.07. The van der Waals surface area contributed by atoms with Gasteiger partial charge in [0.05, 0.1) is 12.8 Å². The molecule has 10 heteroatoms. The van der Waals surface area contributed by atoms with Gasteiger partial charge in [-0.2, -0.15) is 10.2 Å². The van der Waals surface area contributed by atoms with Crippen LogP contribution in [0.5, 0.6) is 5.75 Å². The Balaban J connectivity index is 1.32. The lowest BCUT2D eigenvalue weighted by atomic mass is 10.1. The van der Waals surface area contributed by atoms with Crippen LogP contribution >= 0.6 is 0 Å². The summed E-state index contributed by atoms with van der Waals surface area (Å²) in [6, 6.07) is 9.20. The van der Waals surface area contributed by atoms with E-state index in [1.165, 1.54) is 22.2 Å². The van der Waals surface area contributed by atoms with Crippen LogP contribution in [0.1, 0.15) is 25.6 Å². The van der Waals surface area contributed by atoms with Gasteiger partial charge in [-0.05, 0) is 63.2 Å². The zero-order valence-electron chi connectivity index (χ0n) is 20.9. The number of hydrogen-bond donors (Lipinski definition) is 1. The lowest BCUT2D eigenvalue weighted by molar-refractivity contribution is -0.121. The van der Waals surface area contributed by atoms with Crippen molar-refractivity contribution in [2.45, 2.75) is 33.2 Å². The van der Waals surface area contributed by atoms with Crippen molar-refractivity contribution in [1.29, 1.82) is 0 Å². The Labute approximate surface area is 205 Å². The number of hydrogen-bond acceptors (Lipinski definition) is 7. The number of carbonyl (C=O) groups excluding carboxylic acids is 1. The molecule has 1 N–H and O–H groups in total. The molecular formula is C25H35N7O3. The second kappa shape index (κ2) is 11.5. The Morgan fingerprint density at radius 2 is 1.74 bits per heavy atom. The quantitative estimate of drug-likeness (QED) is 0.437. The topological polar surface area (TPSA) is 97.0 Å². The fourth-order valence-corrected chi connectivity index (χ4v) is 4.46. The predicted molar refractivity (Wildman–Crippen MR) is 135 cm³/mol. The lowest BCUT2D eigenvalue weighted by Gasteiger charge is -2.34. The minimum atomic E-state index is -0.344. The number of aromatic nitrogens is 4. The molecule has 1 saturated heterocycles. The number of rotatable bonds is 10. The molecule has 3 heterocycles. The summed E-state index contributed by atoms with van der Waals surface area (Å²) >= 11 is 0. The van der Waals surface area contributed by atoms with Gasteiger partial charge in [0.15, 0.2) is 0 Å². The molecule has 0 radical (unpaired) electrons. The second-order valence-electron chi connectivity index (χ2n) is 8.95. The standard InChI is InChI=1S/C25H35N7O3/c1-4-11-29-13-15-30(16-14-29)12-5-10-26-24(33)18-31-25(34)23-17-22(28-32(23)19(2)27-31)20-6-8-21(35-3)9-7-20/h6-9,17H,4-5,10-16,18H2,1-3H3,(H,26,33). The van der Waals surface area contributed by atoms with Crippen molar-refractivity contribution < 1.29 is 9.53 Å². The van der Waals surface area contributed by atoms with Gasteiger partial charge in [-0.15, -0.1) is 0 Å². The molecule has 3 aromatic rings. The molecule has 0 saturated carbocycles. The van der Waals surface area contributed by atoms with Gasteiger partial charge in [0.1, 0.15) is 23.6 Å². The van der Waals surface area contributed by atoms with Crippen LogP contribution in [0.15, 0.2) is 35.1 Å². The molecule has 1 aromatic carbocycles. The molecule has 2 aromatic heterocycles. The lowest BCUT2D eigenvalue weighted by Crippen LogP contribution is -2.47. The van der Waals surface area contributed by atoms with E-state index in [4.69, 9.17) is 4.74 Å². The molecule has 0 unspecified atom stereocenters. The van der Waals surface area contributed by atoms with Gasteiger partial charge in [0.25, 0.3) is 5.56 Å². The van der Waals surface area contributed by atoms with Crippen molar-refractivity contribution in [3.05, 3.63) is 46.5 Å². The molecule has 35 heavy (non-hydrogen) atoms. The van der Waals surface area contributed by atoms with Crippen LogP contribution in [-0.4, -0.2) is 88.0 Å². The zero-order chi connectivity index (χ0) is 24.8. The molecule has 1 fully saturated rings. The van der Waals surface area contributed by atoms with Crippen LogP contribution in [-0.2, 0) is 11.3 Å². The first-order valence-corrected chi connectivity index (χ1v) is 12.3. The predicted octanol–water partition coefficient (Wildman–Crippen LogP) is 1.41. The second-order valence-corrected chi connectivity index (χ2v) is 8.95. The average molecular weight is 482 g/mol. The molecule has 10 nitrogen and oxygen atoms in total. The van der Waals surface area contributed by atoms with Gasteiger partial charge in [-0.3, -0.25) is 9.59 Å². The molecular weight excluding hydrogens is 446 g/mol. The van der Waals surface area contributed by atoms with Crippen LogP contribution in [0, 0.1) is 6.92 Å². The first kappa shape index (κ1) is 24.9. The molecule has 188 valence electrons. The fourth-order valence-electron chi connectivity index (χ4n) is 4.46. The van der Waals surface area contributed by atoms with E-state index in [0.29, 0.717) is 23.6 Å². The maximum absolute atomic E-state index is 13.0. The summed E-state index contributed by atoms with van der Waals surface area (Å²) in [4.78, 5) is 30.4. The Bertz CT molecular complexity index is 1190. The van der Waals surface area contributed by atoms with Gasteiger partial charge in [0, 0.05) is 38.3 Å². The van der Waals surface area contributed by atoms with Crippen molar-refractivity contribution in [3.63, 3.8) is 0 Å². The molecule has 0 spiro atoms. The van der Waals surface area contributed by atoms with E-state index in [1.54, 1.807) is 20.1 Å². The Hall–Kier alpha value is -3.24. The van der Waals surface area contributed by atoms with Crippen molar-refractivity contribution in [2.24, 2.45) is 0 Å². The first-order valence-electron chi connectivity index (χ1n) is 12.3. The molecule has 1 aliphatic heterocycles. The highest BCUT2D eigenvalue weighted by Crippen LogP contribution is 2.22. The highest BCUT2D eigenvalue weighted by Gasteiger charge is 2.17. The van der Waals surface area contributed by atoms with Gasteiger partial charge >= 0.3 is 0 Å². The summed E-state index contributed by atoms with van der Waals surface area (Å²) < 4.78 is 7.94. The largest absolute Gasteiger partial charge is 0.497 e. The number of piperazine rings is 1. The number of carbonyl (C=O) groups is 1. The van der Waals surface area contributed by atoms with Gasteiger partial charge in [-0.1, -0.05) is 6.92 Å². The number of nitrogens with zero attached hydrogens (tertiary/aromatic N) is 6. The summed E-state index contributed by atoms with van der Waals surface area (Å²) in [5, 5.41) is 11.8. The maximum Gasteiger partial charge on any atom is 0.293 e. The summed E-state index contributed by atoms with van der Waals surface area (Å²) in [6.07, 6.45) is 2.08. The number of amides is 1. The van der Waals surface area contributed by atoms with Crippen molar-refractivity contribution in [1.82, 2.24) is 34.5 Å². The van der Waals surface area contributed by atoms with Crippen molar-refractivity contribution in [2.75, 3.05) is 52.9 Å². The Kier molecular flexibility index (Phi) is 8.14. The Morgan fingerprint density at radius 3 is 2.40 bits per heavy atom. The van der Waals surface area contributed by atoms with Crippen LogP contribution in [0.2, 0.25) is 0 Å². The van der Waals surface area contributed by atoms with Crippen LogP contribution in [0.4, 0.5) is 0 Å². The van der Waals surface area contributed by atoms with Crippen LogP contribution in [0.25, 0.3) is 16.8 Å². The minimum absolute atomic E-state index is 0.116. The average Bonchev–Trinajstić information content (AvgIpc) is 3.33. The molecule has 1 aliphatic rings. The minimum Gasteiger partial charge on any atom is -0.497 e. The van der Waals surface area contributed by atoms with E-state index in [9.17, 15) is 9.59 Å². The number of ether oxygens (including phenoxy) is 1. The fraction of sp³-hybridized carbons (Fsp3) is 0.520. The highest BCUT2D eigenvalue weighted by molar-refractivity contribution is 5.75.